The van der Waals surface area contributed by atoms with Crippen LogP contribution in [-0.4, -0.2) is 34.5 Å². The van der Waals surface area contributed by atoms with Gasteiger partial charge in [-0.2, -0.15) is 0 Å². The third-order valence-electron chi connectivity index (χ3n) is 6.46. The molecule has 1 saturated heterocycles. The van der Waals surface area contributed by atoms with Crippen LogP contribution in [-0.2, 0) is 0 Å². The minimum Gasteiger partial charge on any atom is -0.299 e. The van der Waals surface area contributed by atoms with Gasteiger partial charge in [0.15, 0.2) is 0 Å². The van der Waals surface area contributed by atoms with E-state index in [-0.39, 0.29) is 0 Å². The summed E-state index contributed by atoms with van der Waals surface area (Å²) >= 11 is 0. The van der Waals surface area contributed by atoms with Gasteiger partial charge < -0.3 is 0 Å². The molecule has 0 N–H and O–H groups in total. The number of rotatable bonds is 8. The first-order valence-corrected chi connectivity index (χ1v) is 12.2. The number of hydrogen-bond donors (Lipinski definition) is 0. The summed E-state index contributed by atoms with van der Waals surface area (Å²) in [5, 5.41) is 0. The van der Waals surface area contributed by atoms with Gasteiger partial charge in [-0.3, -0.25) is 4.90 Å². The Morgan fingerprint density at radius 3 is 2.58 bits per heavy atom. The minimum atomic E-state index is 0.866. The molecule has 0 spiro atoms. The van der Waals surface area contributed by atoms with Crippen molar-refractivity contribution in [3.05, 3.63) is 84.1 Å². The monoisotopic (exact) mass is 437 g/mol. The molecule has 3 heteroatoms. The maximum atomic E-state index is 5.00. The molecule has 1 fully saturated rings. The second-order valence-corrected chi connectivity index (χ2v) is 9.17. The summed E-state index contributed by atoms with van der Waals surface area (Å²) in [6.45, 7) is 12.0. The van der Waals surface area contributed by atoms with Crippen LogP contribution in [0.5, 0.6) is 0 Å². The molecule has 1 aromatic heterocycles. The molecule has 170 valence electrons. The summed E-state index contributed by atoms with van der Waals surface area (Å²) in [7, 11) is 0. The Balaban J connectivity index is 1.64. The van der Waals surface area contributed by atoms with E-state index < -0.39 is 0 Å². The molecule has 0 radical (unpaired) electrons. The number of nitrogens with zero attached hydrogens (tertiary/aromatic N) is 3. The van der Waals surface area contributed by atoms with Crippen molar-refractivity contribution in [2.75, 3.05) is 19.6 Å². The fourth-order valence-corrected chi connectivity index (χ4v) is 4.46. The normalized spacial score (nSPS) is 16.0. The van der Waals surface area contributed by atoms with E-state index in [1.165, 1.54) is 37.9 Å². The van der Waals surface area contributed by atoms with Crippen LogP contribution in [0.2, 0.25) is 0 Å². The molecule has 2 aromatic carbocycles. The van der Waals surface area contributed by atoms with E-state index in [1.807, 2.05) is 42.5 Å². The molecule has 1 aliphatic heterocycles. The minimum absolute atomic E-state index is 0.866. The van der Waals surface area contributed by atoms with Gasteiger partial charge in [0.2, 0.25) is 0 Å². The highest BCUT2D eigenvalue weighted by Gasteiger charge is 2.16. The number of piperidine rings is 1. The van der Waals surface area contributed by atoms with Crippen LogP contribution in [0.4, 0.5) is 0 Å². The highest BCUT2D eigenvalue weighted by Crippen LogP contribution is 2.25. The Bertz CT molecular complexity index is 1140. The van der Waals surface area contributed by atoms with Crippen LogP contribution in [0.3, 0.4) is 0 Å². The summed E-state index contributed by atoms with van der Waals surface area (Å²) in [4.78, 5) is 12.6. The topological polar surface area (TPSA) is 29.0 Å². The van der Waals surface area contributed by atoms with Gasteiger partial charge >= 0.3 is 0 Å². The van der Waals surface area contributed by atoms with Crippen molar-refractivity contribution in [1.82, 2.24) is 14.9 Å². The first kappa shape index (κ1) is 23.1. The smallest absolute Gasteiger partial charge is 0.0966 e. The molecule has 4 rings (SSSR count). The maximum Gasteiger partial charge on any atom is 0.0966 e. The highest BCUT2D eigenvalue weighted by molar-refractivity contribution is 5.83. The van der Waals surface area contributed by atoms with Gasteiger partial charge in [-0.1, -0.05) is 87.0 Å². The number of fused-ring (bicyclic) bond motifs is 1. The Morgan fingerprint density at radius 1 is 1.06 bits per heavy atom. The van der Waals surface area contributed by atoms with Gasteiger partial charge in [-0.05, 0) is 62.0 Å². The van der Waals surface area contributed by atoms with Crippen molar-refractivity contribution in [1.29, 1.82) is 0 Å². The van der Waals surface area contributed by atoms with Crippen molar-refractivity contribution < 1.29 is 0 Å². The van der Waals surface area contributed by atoms with E-state index in [0.29, 0.717) is 0 Å². The number of benzene rings is 2. The Kier molecular flexibility index (Phi) is 7.85. The number of hydrogen-bond acceptors (Lipinski definition) is 3. The van der Waals surface area contributed by atoms with Crippen molar-refractivity contribution in [3.63, 3.8) is 0 Å². The first-order chi connectivity index (χ1) is 16.2. The van der Waals surface area contributed by atoms with Crippen LogP contribution in [0, 0.1) is 5.92 Å². The quantitative estimate of drug-likeness (QED) is 0.344. The van der Waals surface area contributed by atoms with Crippen molar-refractivity contribution >= 4 is 23.2 Å². The van der Waals surface area contributed by atoms with Gasteiger partial charge in [0, 0.05) is 12.1 Å². The molecule has 0 unspecified atom stereocenters. The van der Waals surface area contributed by atoms with Crippen LogP contribution < -0.4 is 0 Å². The van der Waals surface area contributed by atoms with Crippen LogP contribution in [0.15, 0.2) is 72.8 Å². The summed E-state index contributed by atoms with van der Waals surface area (Å²) in [5.41, 5.74) is 7.24. The van der Waals surface area contributed by atoms with Crippen LogP contribution in [0.1, 0.15) is 50.8 Å². The fourth-order valence-electron chi connectivity index (χ4n) is 4.46. The number of aromatic nitrogens is 2. The lowest BCUT2D eigenvalue weighted by Crippen LogP contribution is -2.34. The summed E-state index contributed by atoms with van der Waals surface area (Å²) < 4.78 is 0. The molecule has 0 atom stereocenters. The van der Waals surface area contributed by atoms with Crippen molar-refractivity contribution in [3.8, 4) is 11.3 Å². The molecule has 1 aliphatic rings. The van der Waals surface area contributed by atoms with Gasteiger partial charge in [-0.15, -0.1) is 0 Å². The van der Waals surface area contributed by atoms with Gasteiger partial charge in [0.05, 0.1) is 22.4 Å². The summed E-state index contributed by atoms with van der Waals surface area (Å²) in [6.07, 6.45) is 13.4. The van der Waals surface area contributed by atoms with Crippen molar-refractivity contribution in [2.45, 2.75) is 39.5 Å². The molecular formula is C30H35N3. The Morgan fingerprint density at radius 2 is 1.85 bits per heavy atom. The number of likely N-dealkylation sites (tertiary alicyclic amines) is 1. The maximum absolute atomic E-state index is 5.00. The standard InChI is InChI=1S/C30H35N3/c1-4-10-25(22-33-19-17-23(3)18-20-33)11-9-14-28-30(26-12-7-6-8-13-26)32-29-21-24(5-2)15-16-27(29)31-28/h5-9,11-16,21,23H,2,4,10,17-20,22H2,1,3H3/b14-9+,25-11+. The lowest BCUT2D eigenvalue weighted by atomic mass is 9.98. The van der Waals surface area contributed by atoms with E-state index in [0.717, 1.165) is 52.4 Å². The third-order valence-corrected chi connectivity index (χ3v) is 6.46. The van der Waals surface area contributed by atoms with Gasteiger partial charge in [-0.25, -0.2) is 9.97 Å². The van der Waals surface area contributed by atoms with E-state index in [4.69, 9.17) is 9.97 Å². The lowest BCUT2D eigenvalue weighted by Gasteiger charge is -2.30. The van der Waals surface area contributed by atoms with Crippen LogP contribution >= 0.6 is 0 Å². The van der Waals surface area contributed by atoms with E-state index in [9.17, 15) is 0 Å². The van der Waals surface area contributed by atoms with E-state index >= 15 is 0 Å². The molecule has 0 aliphatic carbocycles. The molecule has 3 nitrogen and oxygen atoms in total. The Labute approximate surface area is 198 Å². The van der Waals surface area contributed by atoms with Crippen molar-refractivity contribution in [2.24, 2.45) is 5.92 Å². The Hall–Kier alpha value is -3.04. The average Bonchev–Trinajstić information content (AvgIpc) is 2.85. The zero-order valence-corrected chi connectivity index (χ0v) is 20.0. The molecule has 3 aromatic rings. The third kappa shape index (κ3) is 6.06. The fraction of sp³-hybridized carbons (Fsp3) is 0.333. The lowest BCUT2D eigenvalue weighted by molar-refractivity contribution is 0.205. The molecule has 2 heterocycles. The predicted molar refractivity (Wildman–Crippen MR) is 142 cm³/mol. The molecule has 0 saturated carbocycles. The van der Waals surface area contributed by atoms with Gasteiger partial charge in [0.1, 0.15) is 0 Å². The highest BCUT2D eigenvalue weighted by atomic mass is 15.1. The molecular weight excluding hydrogens is 402 g/mol. The SMILES string of the molecule is C=Cc1ccc2nc(/C=C/C=C(\CCC)CN3CCC(C)CC3)c(-c3ccccc3)nc2c1. The predicted octanol–water partition coefficient (Wildman–Crippen LogP) is 7.41. The number of allylic oxidation sites excluding steroid dienone is 2. The second kappa shape index (κ2) is 11.2. The summed E-state index contributed by atoms with van der Waals surface area (Å²) in [6, 6.07) is 16.4. The molecule has 0 amide bonds. The van der Waals surface area contributed by atoms with Gasteiger partial charge in [0.25, 0.3) is 0 Å². The zero-order chi connectivity index (χ0) is 23.0. The van der Waals surface area contributed by atoms with E-state index in [1.54, 1.807) is 0 Å². The first-order valence-electron chi connectivity index (χ1n) is 12.2. The summed E-state index contributed by atoms with van der Waals surface area (Å²) in [5.74, 6) is 0.866. The van der Waals surface area contributed by atoms with E-state index in [2.05, 4.69) is 55.7 Å². The largest absolute Gasteiger partial charge is 0.299 e. The molecule has 0 bridgehead atoms. The second-order valence-electron chi connectivity index (χ2n) is 9.17. The molecule has 33 heavy (non-hydrogen) atoms. The average molecular weight is 438 g/mol. The van der Waals surface area contributed by atoms with Crippen LogP contribution in [0.25, 0.3) is 34.4 Å². The zero-order valence-electron chi connectivity index (χ0n) is 20.0.